The Balaban J connectivity index is 1.54. The van der Waals surface area contributed by atoms with Crippen molar-refractivity contribution in [3.05, 3.63) is 115 Å². The third kappa shape index (κ3) is 4.04. The average molecular weight is 425 g/mol. The maximum Gasteiger partial charge on any atom is 0.488 e. The third-order valence-corrected chi connectivity index (χ3v) is 5.99. The van der Waals surface area contributed by atoms with Crippen molar-refractivity contribution in [1.29, 1.82) is 5.26 Å². The number of hydrogen-bond donors (Lipinski definition) is 2. The lowest BCUT2D eigenvalue weighted by atomic mass is 9.79. The molecule has 0 radical (unpaired) electrons. The second-order valence-corrected chi connectivity index (χ2v) is 7.97. The van der Waals surface area contributed by atoms with Crippen molar-refractivity contribution in [3.8, 4) is 39.4 Å². The van der Waals surface area contributed by atoms with E-state index in [-0.39, 0.29) is 0 Å². The van der Waals surface area contributed by atoms with Gasteiger partial charge in [-0.1, -0.05) is 97.1 Å². The summed E-state index contributed by atoms with van der Waals surface area (Å²) < 4.78 is 0. The number of nitrogens with zero attached hydrogens (tertiary/aromatic N) is 1. The lowest BCUT2D eigenvalue weighted by molar-refractivity contribution is 0.426. The zero-order chi connectivity index (χ0) is 22.8. The number of nitriles is 1. The first kappa shape index (κ1) is 20.7. The molecule has 5 aromatic carbocycles. The zero-order valence-corrected chi connectivity index (χ0v) is 17.8. The van der Waals surface area contributed by atoms with Crippen molar-refractivity contribution >= 4 is 23.4 Å². The van der Waals surface area contributed by atoms with Gasteiger partial charge in [0.2, 0.25) is 0 Å². The first-order valence-corrected chi connectivity index (χ1v) is 10.7. The fourth-order valence-corrected chi connectivity index (χ4v) is 4.22. The molecule has 5 aromatic rings. The Hall–Kier alpha value is -4.17. The summed E-state index contributed by atoms with van der Waals surface area (Å²) in [5.41, 5.74) is 7.73. The van der Waals surface area contributed by atoms with Crippen LogP contribution in [0, 0.1) is 11.3 Å². The van der Waals surface area contributed by atoms with Gasteiger partial charge < -0.3 is 10.0 Å². The molecule has 0 fully saturated rings. The van der Waals surface area contributed by atoms with Gasteiger partial charge in [0.1, 0.15) is 0 Å². The Bertz CT molecular complexity index is 1470. The molecule has 2 N–H and O–H groups in total. The van der Waals surface area contributed by atoms with Crippen molar-refractivity contribution in [1.82, 2.24) is 0 Å². The average Bonchev–Trinajstić information content (AvgIpc) is 2.88. The van der Waals surface area contributed by atoms with E-state index in [2.05, 4.69) is 54.6 Å². The van der Waals surface area contributed by atoms with Crippen molar-refractivity contribution in [2.75, 3.05) is 0 Å². The van der Waals surface area contributed by atoms with Crippen LogP contribution in [0.4, 0.5) is 0 Å². The molecule has 0 bridgehead atoms. The monoisotopic (exact) mass is 425 g/mol. The lowest BCUT2D eigenvalue weighted by Crippen LogP contribution is -2.29. The molecule has 0 saturated carbocycles. The van der Waals surface area contributed by atoms with Crippen LogP contribution in [0.3, 0.4) is 0 Å². The van der Waals surface area contributed by atoms with E-state index < -0.39 is 7.12 Å². The van der Waals surface area contributed by atoms with Crippen LogP contribution >= 0.6 is 0 Å². The molecule has 156 valence electrons. The van der Waals surface area contributed by atoms with E-state index in [9.17, 15) is 10.0 Å². The highest BCUT2D eigenvalue weighted by molar-refractivity contribution is 6.58. The Kier molecular flexibility index (Phi) is 5.50. The number of rotatable bonds is 4. The summed E-state index contributed by atoms with van der Waals surface area (Å²) in [7, 11) is -1.47. The maximum atomic E-state index is 9.38. The van der Waals surface area contributed by atoms with Crippen LogP contribution in [0.1, 0.15) is 5.56 Å². The number of fused-ring (bicyclic) bond motifs is 1. The minimum atomic E-state index is -1.47. The predicted molar refractivity (Wildman–Crippen MR) is 135 cm³/mol. The van der Waals surface area contributed by atoms with E-state index in [0.29, 0.717) is 11.0 Å². The second kappa shape index (κ2) is 8.76. The quantitative estimate of drug-likeness (QED) is 0.380. The fourth-order valence-electron chi connectivity index (χ4n) is 4.22. The first-order valence-electron chi connectivity index (χ1n) is 10.7. The molecule has 0 heterocycles. The van der Waals surface area contributed by atoms with Crippen molar-refractivity contribution in [2.24, 2.45) is 0 Å². The van der Waals surface area contributed by atoms with E-state index in [1.165, 1.54) is 0 Å². The van der Waals surface area contributed by atoms with Gasteiger partial charge in [-0.25, -0.2) is 0 Å². The molecule has 0 aliphatic carbocycles. The van der Waals surface area contributed by atoms with Gasteiger partial charge in [0, 0.05) is 0 Å². The third-order valence-electron chi connectivity index (χ3n) is 5.99. The highest BCUT2D eigenvalue weighted by atomic mass is 16.4. The van der Waals surface area contributed by atoms with E-state index >= 15 is 0 Å². The summed E-state index contributed by atoms with van der Waals surface area (Å²) in [6.45, 7) is 0. The summed E-state index contributed by atoms with van der Waals surface area (Å²) in [6.07, 6.45) is 0. The molecule has 33 heavy (non-hydrogen) atoms. The van der Waals surface area contributed by atoms with Gasteiger partial charge in [0.15, 0.2) is 0 Å². The van der Waals surface area contributed by atoms with Gasteiger partial charge in [-0.15, -0.1) is 0 Å². The summed E-state index contributed by atoms with van der Waals surface area (Å²) in [5.74, 6) is 0. The van der Waals surface area contributed by atoms with Crippen LogP contribution in [-0.4, -0.2) is 17.2 Å². The second-order valence-electron chi connectivity index (χ2n) is 7.97. The van der Waals surface area contributed by atoms with Crippen LogP contribution in [0.15, 0.2) is 109 Å². The molecule has 0 unspecified atom stereocenters. The first-order chi connectivity index (χ1) is 16.1. The fraction of sp³-hybridized carbons (Fsp3) is 0. The van der Waals surface area contributed by atoms with Gasteiger partial charge in [-0.2, -0.15) is 5.26 Å². The van der Waals surface area contributed by atoms with Gasteiger partial charge >= 0.3 is 7.12 Å². The standard InChI is InChI=1S/C29H20BNO2/c31-19-20-5-7-21(8-6-20)22-9-11-23(12-10-22)26-17-18-27(29-4-2-1-3-28(26)29)24-13-15-25(16-14-24)30(32)33/h1-18,32-33H. The van der Waals surface area contributed by atoms with Gasteiger partial charge in [-0.3, -0.25) is 0 Å². The van der Waals surface area contributed by atoms with Crippen molar-refractivity contribution in [2.45, 2.75) is 0 Å². The van der Waals surface area contributed by atoms with Crippen LogP contribution in [-0.2, 0) is 0 Å². The smallest absolute Gasteiger partial charge is 0.423 e. The zero-order valence-electron chi connectivity index (χ0n) is 17.8. The maximum absolute atomic E-state index is 9.38. The van der Waals surface area contributed by atoms with Gasteiger partial charge in [0.25, 0.3) is 0 Å². The lowest BCUT2D eigenvalue weighted by Gasteiger charge is -2.13. The number of hydrogen-bond acceptors (Lipinski definition) is 3. The molecule has 0 saturated heterocycles. The van der Waals surface area contributed by atoms with E-state index in [4.69, 9.17) is 5.26 Å². The SMILES string of the molecule is N#Cc1ccc(-c2ccc(-c3ccc(-c4ccc(B(O)O)cc4)c4ccccc34)cc2)cc1. The highest BCUT2D eigenvalue weighted by Gasteiger charge is 2.13. The van der Waals surface area contributed by atoms with Crippen LogP contribution < -0.4 is 5.46 Å². The molecule has 0 aliphatic heterocycles. The molecule has 0 atom stereocenters. The summed E-state index contributed by atoms with van der Waals surface area (Å²) in [4.78, 5) is 0. The topological polar surface area (TPSA) is 64.2 Å². The molecule has 5 rings (SSSR count). The highest BCUT2D eigenvalue weighted by Crippen LogP contribution is 2.36. The van der Waals surface area contributed by atoms with E-state index in [1.807, 2.05) is 48.5 Å². The molecule has 4 heteroatoms. The number of benzene rings is 5. The molecule has 0 amide bonds. The molecular weight excluding hydrogens is 405 g/mol. The van der Waals surface area contributed by atoms with Gasteiger partial charge in [-0.05, 0) is 61.7 Å². The van der Waals surface area contributed by atoms with Crippen LogP contribution in [0.25, 0.3) is 44.2 Å². The van der Waals surface area contributed by atoms with Gasteiger partial charge in [0.05, 0.1) is 11.6 Å². The Morgan fingerprint density at radius 1 is 0.515 bits per heavy atom. The minimum absolute atomic E-state index is 0.474. The van der Waals surface area contributed by atoms with Crippen molar-refractivity contribution < 1.29 is 10.0 Å². The minimum Gasteiger partial charge on any atom is -0.423 e. The van der Waals surface area contributed by atoms with Crippen molar-refractivity contribution in [3.63, 3.8) is 0 Å². The molecular formula is C29H20BNO2. The largest absolute Gasteiger partial charge is 0.488 e. The summed E-state index contributed by atoms with van der Waals surface area (Å²) in [5, 5.41) is 30.1. The van der Waals surface area contributed by atoms with E-state index in [1.54, 1.807) is 12.1 Å². The molecule has 3 nitrogen and oxygen atoms in total. The predicted octanol–water partition coefficient (Wildman–Crippen LogP) is 5.39. The summed E-state index contributed by atoms with van der Waals surface area (Å²) >= 11 is 0. The van der Waals surface area contributed by atoms with Crippen LogP contribution in [0.2, 0.25) is 0 Å². The molecule has 0 aliphatic rings. The Morgan fingerprint density at radius 2 is 0.939 bits per heavy atom. The van der Waals surface area contributed by atoms with Crippen LogP contribution in [0.5, 0.6) is 0 Å². The normalized spacial score (nSPS) is 10.7. The Labute approximate surface area is 193 Å². The Morgan fingerprint density at radius 3 is 1.39 bits per heavy atom. The molecule has 0 spiro atoms. The van der Waals surface area contributed by atoms with E-state index in [0.717, 1.165) is 44.2 Å². The molecule has 0 aromatic heterocycles. The summed E-state index contributed by atoms with van der Waals surface area (Å²) in [6, 6.07) is 38.2.